The maximum atomic E-state index is 11.9. The van der Waals surface area contributed by atoms with Crippen molar-refractivity contribution in [2.45, 2.75) is 19.4 Å². The number of carbonyl (C=O) groups is 3. The van der Waals surface area contributed by atoms with Gasteiger partial charge in [-0.3, -0.25) is 14.4 Å². The lowest BCUT2D eigenvalue weighted by Crippen LogP contribution is -2.31. The zero-order valence-electron chi connectivity index (χ0n) is 14.7. The predicted molar refractivity (Wildman–Crippen MR) is 99.5 cm³/mol. The van der Waals surface area contributed by atoms with Crippen molar-refractivity contribution in [3.63, 3.8) is 0 Å². The molecule has 0 atom stereocenters. The largest absolute Gasteiger partial charge is 0.355 e. The van der Waals surface area contributed by atoms with Gasteiger partial charge in [-0.2, -0.15) is 0 Å². The lowest BCUT2D eigenvalue weighted by atomic mass is 10.1. The molecule has 3 N–H and O–H groups in total. The molecule has 2 aromatic carbocycles. The molecule has 2 aromatic rings. The molecule has 0 saturated heterocycles. The number of hydrogen-bond acceptors (Lipinski definition) is 3. The van der Waals surface area contributed by atoms with Crippen LogP contribution in [0.2, 0.25) is 0 Å². The predicted octanol–water partition coefficient (Wildman–Crippen LogP) is 1.41. The monoisotopic (exact) mass is 353 g/mol. The van der Waals surface area contributed by atoms with E-state index in [0.29, 0.717) is 25.1 Å². The molecule has 0 aromatic heterocycles. The number of carbonyl (C=O) groups excluding carboxylic acids is 3. The van der Waals surface area contributed by atoms with E-state index in [1.54, 1.807) is 31.3 Å². The maximum absolute atomic E-state index is 11.9. The Bertz CT molecular complexity index is 743. The number of nitrogens with one attached hydrogen (secondary N) is 3. The van der Waals surface area contributed by atoms with Crippen molar-refractivity contribution >= 4 is 17.7 Å². The fourth-order valence-electron chi connectivity index (χ4n) is 2.37. The van der Waals surface area contributed by atoms with Crippen LogP contribution in [-0.4, -0.2) is 31.3 Å². The molecule has 0 heterocycles. The van der Waals surface area contributed by atoms with Gasteiger partial charge >= 0.3 is 0 Å². The first-order valence-electron chi connectivity index (χ1n) is 8.47. The topological polar surface area (TPSA) is 87.3 Å². The van der Waals surface area contributed by atoms with Crippen LogP contribution in [-0.2, 0) is 22.6 Å². The third-order valence-electron chi connectivity index (χ3n) is 3.81. The Kier molecular flexibility index (Phi) is 7.36. The van der Waals surface area contributed by atoms with Gasteiger partial charge in [0.1, 0.15) is 0 Å². The average molecular weight is 353 g/mol. The molecule has 0 aliphatic heterocycles. The number of benzene rings is 2. The van der Waals surface area contributed by atoms with Crippen LogP contribution in [0.25, 0.3) is 0 Å². The summed E-state index contributed by atoms with van der Waals surface area (Å²) < 4.78 is 0. The van der Waals surface area contributed by atoms with Crippen LogP contribution in [0.3, 0.4) is 0 Å². The van der Waals surface area contributed by atoms with Crippen molar-refractivity contribution in [1.82, 2.24) is 16.0 Å². The Balaban J connectivity index is 1.66. The van der Waals surface area contributed by atoms with Crippen LogP contribution in [0, 0.1) is 0 Å². The van der Waals surface area contributed by atoms with Gasteiger partial charge in [0.15, 0.2) is 0 Å². The summed E-state index contributed by atoms with van der Waals surface area (Å²) >= 11 is 0. The fraction of sp³-hybridized carbons (Fsp3) is 0.250. The molecule has 0 spiro atoms. The summed E-state index contributed by atoms with van der Waals surface area (Å²) in [6, 6.07) is 16.5. The highest BCUT2D eigenvalue weighted by Gasteiger charge is 2.06. The van der Waals surface area contributed by atoms with E-state index in [2.05, 4.69) is 16.0 Å². The van der Waals surface area contributed by atoms with Crippen LogP contribution >= 0.6 is 0 Å². The Morgan fingerprint density at radius 3 is 2.15 bits per heavy atom. The van der Waals surface area contributed by atoms with Gasteiger partial charge in [0.05, 0.1) is 6.42 Å². The normalized spacial score (nSPS) is 10.0. The Labute approximate surface area is 153 Å². The molecule has 3 amide bonds. The number of amides is 3. The highest BCUT2D eigenvalue weighted by molar-refractivity contribution is 5.93. The molecule has 6 nitrogen and oxygen atoms in total. The Morgan fingerprint density at radius 2 is 1.50 bits per heavy atom. The maximum Gasteiger partial charge on any atom is 0.251 e. The summed E-state index contributed by atoms with van der Waals surface area (Å²) in [6.45, 7) is 0.679. The first-order valence-corrected chi connectivity index (χ1v) is 8.47. The van der Waals surface area contributed by atoms with E-state index >= 15 is 0 Å². The van der Waals surface area contributed by atoms with Crippen LogP contribution in [0.1, 0.15) is 27.9 Å². The average Bonchev–Trinajstić information content (AvgIpc) is 2.67. The summed E-state index contributed by atoms with van der Waals surface area (Å²) in [6.07, 6.45) is 0.525. The summed E-state index contributed by atoms with van der Waals surface area (Å²) in [5, 5.41) is 8.09. The van der Waals surface area contributed by atoms with Crippen molar-refractivity contribution in [2.75, 3.05) is 13.6 Å². The third kappa shape index (κ3) is 6.39. The van der Waals surface area contributed by atoms with E-state index in [4.69, 9.17) is 0 Å². The second kappa shape index (κ2) is 9.98. The molecule has 0 aliphatic rings. The molecule has 0 radical (unpaired) electrons. The SMILES string of the molecule is CNC(=O)c1ccc(CNC(=O)CCNC(=O)Cc2ccccc2)cc1. The zero-order chi connectivity index (χ0) is 18.8. The molecule has 26 heavy (non-hydrogen) atoms. The highest BCUT2D eigenvalue weighted by atomic mass is 16.2. The summed E-state index contributed by atoms with van der Waals surface area (Å²) in [5.74, 6) is -0.388. The summed E-state index contributed by atoms with van der Waals surface area (Å²) in [5.41, 5.74) is 2.41. The van der Waals surface area contributed by atoms with Gasteiger partial charge in [-0.1, -0.05) is 42.5 Å². The third-order valence-corrected chi connectivity index (χ3v) is 3.81. The molecule has 2 rings (SSSR count). The number of hydrogen-bond donors (Lipinski definition) is 3. The Morgan fingerprint density at radius 1 is 0.808 bits per heavy atom. The summed E-state index contributed by atoms with van der Waals surface area (Å²) in [4.78, 5) is 35.1. The standard InChI is InChI=1S/C20H23N3O3/c1-21-20(26)17-9-7-16(8-10-17)14-23-18(24)11-12-22-19(25)13-15-5-3-2-4-6-15/h2-10H,11-14H2,1H3,(H,21,26)(H,22,25)(H,23,24). The van der Waals surface area contributed by atoms with E-state index in [9.17, 15) is 14.4 Å². The quantitative estimate of drug-likeness (QED) is 0.671. The van der Waals surface area contributed by atoms with Crippen molar-refractivity contribution in [1.29, 1.82) is 0 Å². The molecule has 0 fully saturated rings. The molecule has 6 heteroatoms. The van der Waals surface area contributed by atoms with Crippen LogP contribution < -0.4 is 16.0 Å². The van der Waals surface area contributed by atoms with Gasteiger partial charge in [-0.05, 0) is 23.3 Å². The van der Waals surface area contributed by atoms with E-state index in [1.807, 2.05) is 30.3 Å². The minimum Gasteiger partial charge on any atom is -0.355 e. The molecule has 0 unspecified atom stereocenters. The van der Waals surface area contributed by atoms with E-state index < -0.39 is 0 Å². The van der Waals surface area contributed by atoms with Crippen molar-refractivity contribution < 1.29 is 14.4 Å². The summed E-state index contributed by atoms with van der Waals surface area (Å²) in [7, 11) is 1.58. The minimum atomic E-state index is -0.146. The lowest BCUT2D eigenvalue weighted by molar-refractivity contribution is -0.122. The molecule has 0 aliphatic carbocycles. The molecule has 0 bridgehead atoms. The van der Waals surface area contributed by atoms with Crippen LogP contribution in [0.5, 0.6) is 0 Å². The van der Waals surface area contributed by atoms with E-state index in [0.717, 1.165) is 11.1 Å². The minimum absolute atomic E-state index is 0.103. The Hall–Kier alpha value is -3.15. The van der Waals surface area contributed by atoms with Gasteiger partial charge in [-0.15, -0.1) is 0 Å². The second-order valence-electron chi connectivity index (χ2n) is 5.82. The molecular formula is C20H23N3O3. The smallest absolute Gasteiger partial charge is 0.251 e. The van der Waals surface area contributed by atoms with E-state index in [-0.39, 0.29) is 24.1 Å². The van der Waals surface area contributed by atoms with Crippen molar-refractivity contribution in [3.05, 3.63) is 71.3 Å². The first-order chi connectivity index (χ1) is 12.6. The first kappa shape index (κ1) is 19.2. The highest BCUT2D eigenvalue weighted by Crippen LogP contribution is 2.04. The second-order valence-corrected chi connectivity index (χ2v) is 5.82. The molecule has 0 saturated carbocycles. The number of rotatable bonds is 8. The zero-order valence-corrected chi connectivity index (χ0v) is 14.7. The lowest BCUT2D eigenvalue weighted by Gasteiger charge is -2.08. The van der Waals surface area contributed by atoms with Gasteiger partial charge in [0.25, 0.3) is 5.91 Å². The van der Waals surface area contributed by atoms with Crippen LogP contribution in [0.4, 0.5) is 0 Å². The van der Waals surface area contributed by atoms with Crippen LogP contribution in [0.15, 0.2) is 54.6 Å². The van der Waals surface area contributed by atoms with E-state index in [1.165, 1.54) is 0 Å². The van der Waals surface area contributed by atoms with Gasteiger partial charge in [-0.25, -0.2) is 0 Å². The van der Waals surface area contributed by atoms with Gasteiger partial charge in [0, 0.05) is 32.1 Å². The molecule has 136 valence electrons. The molecular weight excluding hydrogens is 330 g/mol. The van der Waals surface area contributed by atoms with Gasteiger partial charge < -0.3 is 16.0 Å². The fourth-order valence-corrected chi connectivity index (χ4v) is 2.37. The van der Waals surface area contributed by atoms with Crippen molar-refractivity contribution in [2.24, 2.45) is 0 Å². The van der Waals surface area contributed by atoms with Gasteiger partial charge in [0.2, 0.25) is 11.8 Å². The van der Waals surface area contributed by atoms with Crippen molar-refractivity contribution in [3.8, 4) is 0 Å².